The van der Waals surface area contributed by atoms with Crippen molar-refractivity contribution in [1.82, 2.24) is 4.98 Å². The maximum atomic E-state index is 5.39. The molecule has 2 heterocycles. The van der Waals surface area contributed by atoms with Crippen LogP contribution in [0.25, 0.3) is 0 Å². The van der Waals surface area contributed by atoms with Gasteiger partial charge in [0.15, 0.2) is 5.13 Å². The van der Waals surface area contributed by atoms with Crippen LogP contribution in [0.1, 0.15) is 51.1 Å². The summed E-state index contributed by atoms with van der Waals surface area (Å²) in [6, 6.07) is 0.559. The zero-order valence-electron chi connectivity index (χ0n) is 10.7. The zero-order valence-corrected chi connectivity index (χ0v) is 11.6. The van der Waals surface area contributed by atoms with Crippen molar-refractivity contribution >= 4 is 16.5 Å². The van der Waals surface area contributed by atoms with E-state index in [0.29, 0.717) is 12.0 Å². The van der Waals surface area contributed by atoms with Gasteiger partial charge in [-0.3, -0.25) is 0 Å². The molecule has 1 aliphatic rings. The van der Waals surface area contributed by atoms with Gasteiger partial charge < -0.3 is 10.1 Å². The van der Waals surface area contributed by atoms with E-state index in [9.17, 15) is 0 Å². The third-order valence-corrected chi connectivity index (χ3v) is 4.27. The summed E-state index contributed by atoms with van der Waals surface area (Å²) in [6.45, 7) is 6.21. The van der Waals surface area contributed by atoms with Crippen molar-refractivity contribution < 1.29 is 4.74 Å². The van der Waals surface area contributed by atoms with Crippen LogP contribution in [0, 0.1) is 0 Å². The predicted molar refractivity (Wildman–Crippen MR) is 72.9 cm³/mol. The van der Waals surface area contributed by atoms with Crippen molar-refractivity contribution in [3.05, 3.63) is 11.1 Å². The van der Waals surface area contributed by atoms with Crippen LogP contribution in [-0.2, 0) is 4.74 Å². The highest BCUT2D eigenvalue weighted by Gasteiger charge is 2.19. The smallest absolute Gasteiger partial charge is 0.183 e. The molecule has 17 heavy (non-hydrogen) atoms. The number of aromatic nitrogens is 1. The Labute approximate surface area is 108 Å². The predicted octanol–water partition coefficient (Wildman–Crippen LogP) is 3.64. The Kier molecular flexibility index (Phi) is 4.80. The minimum absolute atomic E-state index is 0.559. The van der Waals surface area contributed by atoms with E-state index in [1.54, 1.807) is 11.3 Å². The van der Waals surface area contributed by atoms with Crippen molar-refractivity contribution in [3.8, 4) is 0 Å². The van der Waals surface area contributed by atoms with E-state index in [2.05, 4.69) is 24.5 Å². The van der Waals surface area contributed by atoms with Gasteiger partial charge in [0.25, 0.3) is 0 Å². The van der Waals surface area contributed by atoms with E-state index < -0.39 is 0 Å². The molecule has 0 bridgehead atoms. The number of hydrogen-bond acceptors (Lipinski definition) is 4. The molecule has 0 radical (unpaired) electrons. The first-order chi connectivity index (χ1) is 8.33. The van der Waals surface area contributed by atoms with E-state index in [1.807, 2.05) is 0 Å². The number of hydrogen-bond donors (Lipinski definition) is 1. The van der Waals surface area contributed by atoms with E-state index in [0.717, 1.165) is 44.0 Å². The van der Waals surface area contributed by atoms with Crippen LogP contribution >= 0.6 is 11.3 Å². The van der Waals surface area contributed by atoms with E-state index in [1.165, 1.54) is 5.69 Å². The maximum Gasteiger partial charge on any atom is 0.183 e. The lowest BCUT2D eigenvalue weighted by atomic mass is 9.98. The topological polar surface area (TPSA) is 34.2 Å². The van der Waals surface area contributed by atoms with Gasteiger partial charge in [-0.2, -0.15) is 0 Å². The molecule has 1 saturated heterocycles. The molecule has 96 valence electrons. The van der Waals surface area contributed by atoms with Crippen molar-refractivity contribution in [2.24, 2.45) is 0 Å². The molecule has 3 nitrogen and oxygen atoms in total. The minimum atomic E-state index is 0.559. The summed E-state index contributed by atoms with van der Waals surface area (Å²) in [7, 11) is 0. The molecule has 0 amide bonds. The summed E-state index contributed by atoms with van der Waals surface area (Å²) in [5, 5.41) is 6.81. The molecule has 1 fully saturated rings. The lowest BCUT2D eigenvalue weighted by molar-refractivity contribution is 0.0846. The van der Waals surface area contributed by atoms with Crippen LogP contribution in [0.5, 0.6) is 0 Å². The summed E-state index contributed by atoms with van der Waals surface area (Å²) in [4.78, 5) is 4.72. The Morgan fingerprint density at radius 2 is 2.12 bits per heavy atom. The molecule has 0 saturated carbocycles. The van der Waals surface area contributed by atoms with Crippen LogP contribution in [0.15, 0.2) is 5.38 Å². The Balaban J connectivity index is 1.94. The summed E-state index contributed by atoms with van der Waals surface area (Å²) >= 11 is 1.74. The maximum absolute atomic E-state index is 5.39. The van der Waals surface area contributed by atoms with Gasteiger partial charge in [-0.05, 0) is 25.7 Å². The highest BCUT2D eigenvalue weighted by molar-refractivity contribution is 7.13. The van der Waals surface area contributed by atoms with Gasteiger partial charge in [0.05, 0.1) is 5.69 Å². The second-order valence-corrected chi connectivity index (χ2v) is 5.48. The third kappa shape index (κ3) is 3.42. The van der Waals surface area contributed by atoms with E-state index in [4.69, 9.17) is 9.72 Å². The lowest BCUT2D eigenvalue weighted by Gasteiger charge is -2.20. The van der Waals surface area contributed by atoms with Crippen molar-refractivity contribution in [2.45, 2.75) is 51.5 Å². The normalized spacial score (nSPS) is 17.6. The van der Waals surface area contributed by atoms with Crippen LogP contribution in [0.3, 0.4) is 0 Å². The minimum Gasteiger partial charge on any atom is -0.381 e. The zero-order chi connectivity index (χ0) is 12.1. The van der Waals surface area contributed by atoms with Gasteiger partial charge in [0.1, 0.15) is 0 Å². The molecule has 0 unspecified atom stereocenters. The Morgan fingerprint density at radius 1 is 1.41 bits per heavy atom. The third-order valence-electron chi connectivity index (χ3n) is 3.47. The van der Waals surface area contributed by atoms with Crippen molar-refractivity contribution in [3.63, 3.8) is 0 Å². The number of anilines is 1. The summed E-state index contributed by atoms with van der Waals surface area (Å²) in [5.74, 6) is 0.609. The second-order valence-electron chi connectivity index (χ2n) is 4.62. The first kappa shape index (κ1) is 12.8. The number of nitrogens with one attached hydrogen (secondary N) is 1. The summed E-state index contributed by atoms with van der Waals surface area (Å²) in [5.41, 5.74) is 1.26. The fraction of sp³-hybridized carbons (Fsp3) is 0.769. The molecule has 1 aliphatic heterocycles. The van der Waals surface area contributed by atoms with Crippen molar-refractivity contribution in [2.75, 3.05) is 18.5 Å². The molecule has 2 rings (SSSR count). The quantitative estimate of drug-likeness (QED) is 0.871. The van der Waals surface area contributed by atoms with Crippen LogP contribution in [0.4, 0.5) is 5.13 Å². The van der Waals surface area contributed by atoms with Gasteiger partial charge >= 0.3 is 0 Å². The second kappa shape index (κ2) is 6.36. The highest BCUT2D eigenvalue weighted by atomic mass is 32.1. The van der Waals surface area contributed by atoms with Crippen LogP contribution in [-0.4, -0.2) is 24.2 Å². The average molecular weight is 254 g/mol. The molecule has 0 aliphatic carbocycles. The number of nitrogens with zero attached hydrogens (tertiary/aromatic N) is 1. The Morgan fingerprint density at radius 3 is 2.76 bits per heavy atom. The van der Waals surface area contributed by atoms with Crippen LogP contribution < -0.4 is 5.32 Å². The molecular formula is C13H22N2OS. The van der Waals surface area contributed by atoms with Gasteiger partial charge in [-0.25, -0.2) is 4.98 Å². The Hall–Kier alpha value is -0.610. The standard InChI is InChI=1S/C13H22N2OS/c1-3-11(4-2)14-13-15-12(9-17-13)10-5-7-16-8-6-10/h9-11H,3-8H2,1-2H3,(H,14,15). The molecule has 0 atom stereocenters. The van der Waals surface area contributed by atoms with Gasteiger partial charge in [-0.1, -0.05) is 13.8 Å². The molecule has 1 N–H and O–H groups in total. The number of rotatable bonds is 5. The highest BCUT2D eigenvalue weighted by Crippen LogP contribution is 2.29. The van der Waals surface area contributed by atoms with Crippen molar-refractivity contribution in [1.29, 1.82) is 0 Å². The van der Waals surface area contributed by atoms with Gasteiger partial charge in [-0.15, -0.1) is 11.3 Å². The monoisotopic (exact) mass is 254 g/mol. The largest absolute Gasteiger partial charge is 0.381 e. The molecule has 1 aromatic heterocycles. The fourth-order valence-electron chi connectivity index (χ4n) is 2.20. The van der Waals surface area contributed by atoms with E-state index in [-0.39, 0.29) is 0 Å². The molecular weight excluding hydrogens is 232 g/mol. The van der Waals surface area contributed by atoms with Crippen LogP contribution in [0.2, 0.25) is 0 Å². The number of thiazole rings is 1. The average Bonchev–Trinajstić information content (AvgIpc) is 2.85. The fourth-order valence-corrected chi connectivity index (χ4v) is 3.07. The summed E-state index contributed by atoms with van der Waals surface area (Å²) in [6.07, 6.45) is 4.55. The Bertz CT molecular complexity index is 330. The molecule has 0 spiro atoms. The van der Waals surface area contributed by atoms with E-state index >= 15 is 0 Å². The lowest BCUT2D eigenvalue weighted by Crippen LogP contribution is -2.17. The van der Waals surface area contributed by atoms with Gasteiger partial charge in [0.2, 0.25) is 0 Å². The SMILES string of the molecule is CCC(CC)Nc1nc(C2CCOCC2)cs1. The first-order valence-electron chi connectivity index (χ1n) is 6.63. The number of ether oxygens (including phenoxy) is 1. The molecule has 1 aromatic rings. The molecule has 0 aromatic carbocycles. The summed E-state index contributed by atoms with van der Waals surface area (Å²) < 4.78 is 5.39. The molecule has 4 heteroatoms. The van der Waals surface area contributed by atoms with Gasteiger partial charge in [0, 0.05) is 30.6 Å². The first-order valence-corrected chi connectivity index (χ1v) is 7.51.